The van der Waals surface area contributed by atoms with E-state index in [-0.39, 0.29) is 67.1 Å². The van der Waals surface area contributed by atoms with Gasteiger partial charge in [-0.25, -0.2) is 9.98 Å². The summed E-state index contributed by atoms with van der Waals surface area (Å²) < 4.78 is 0. The predicted molar refractivity (Wildman–Crippen MR) is 151 cm³/mol. The predicted octanol–water partition coefficient (Wildman–Crippen LogP) is 5.11. The second kappa shape index (κ2) is 13.5. The van der Waals surface area contributed by atoms with Crippen LogP contribution in [0, 0.1) is 6.92 Å². The molecule has 2 atom stereocenters. The highest BCUT2D eigenvalue weighted by molar-refractivity contribution is 6.30. The molecule has 4 rings (SSSR count). The largest absolute Gasteiger partial charge is 0.370 e. The molecule has 35 heavy (non-hydrogen) atoms. The van der Waals surface area contributed by atoms with Crippen LogP contribution in [0.1, 0.15) is 41.6 Å². The number of benzene rings is 2. The van der Waals surface area contributed by atoms with E-state index in [0.717, 1.165) is 42.1 Å². The summed E-state index contributed by atoms with van der Waals surface area (Å²) in [7, 11) is 0. The fourth-order valence-corrected chi connectivity index (χ4v) is 4.11. The molecule has 8 nitrogen and oxygen atoms in total. The second-order valence-electron chi connectivity index (χ2n) is 8.03. The third kappa shape index (κ3) is 7.73. The Bertz CT molecular complexity index is 1170. The highest BCUT2D eigenvalue weighted by Gasteiger charge is 2.26. The molecule has 1 heterocycles. The molecule has 1 fully saturated rings. The summed E-state index contributed by atoms with van der Waals surface area (Å²) in [6.07, 6.45) is 3.98. The minimum Gasteiger partial charge on any atom is -0.370 e. The Labute approximate surface area is 227 Å². The van der Waals surface area contributed by atoms with Gasteiger partial charge in [-0.1, -0.05) is 36.1 Å². The molecule has 1 aromatic heterocycles. The van der Waals surface area contributed by atoms with Crippen molar-refractivity contribution in [3.8, 4) is 0 Å². The molecule has 0 radical (unpaired) electrons. The van der Waals surface area contributed by atoms with Gasteiger partial charge in [0.2, 0.25) is 5.95 Å². The summed E-state index contributed by atoms with van der Waals surface area (Å²) in [5.74, 6) is 0.643. The fourth-order valence-electron chi connectivity index (χ4n) is 3.98. The number of halogens is 4. The highest BCUT2D eigenvalue weighted by Crippen LogP contribution is 2.29. The fraction of sp³-hybridized carbons (Fsp3) is 0.304. The quantitative estimate of drug-likeness (QED) is 0.253. The molecule has 1 aliphatic rings. The maximum atomic E-state index is 12.7. The number of carbonyl (C=O) groups is 1. The minimum atomic E-state index is -0.310. The standard InChI is InChI=1S/C23H26ClN7O.3ClH/c1-13-6-11-17-16(12-13)20(27-18-4-2-3-5-19(18)28-22(25)26)30-23(29-17)31-21(32)14-7-9-15(24)10-8-14;;;/h6-12,18-19H,2-5H2,1H3,(H4,25,26,28)(H2,27,29,30,31,32);3*1H/t18-,19+;;;/m0.../s1. The van der Waals surface area contributed by atoms with Gasteiger partial charge >= 0.3 is 0 Å². The molecule has 0 aliphatic heterocycles. The molecule has 1 aliphatic carbocycles. The Kier molecular flexibility index (Phi) is 11.8. The number of carbonyl (C=O) groups excluding carboxylic acids is 1. The van der Waals surface area contributed by atoms with Gasteiger partial charge in [-0.05, 0) is 56.2 Å². The molecule has 190 valence electrons. The molecule has 0 saturated heterocycles. The number of amides is 1. The highest BCUT2D eigenvalue weighted by atomic mass is 35.5. The van der Waals surface area contributed by atoms with Crippen LogP contribution in [0.4, 0.5) is 11.8 Å². The number of hydrogen-bond donors (Lipinski definition) is 4. The van der Waals surface area contributed by atoms with Crippen molar-refractivity contribution in [2.45, 2.75) is 44.7 Å². The first-order chi connectivity index (χ1) is 15.4. The number of aromatic nitrogens is 2. The van der Waals surface area contributed by atoms with Gasteiger partial charge in [0.15, 0.2) is 5.96 Å². The van der Waals surface area contributed by atoms with Crippen molar-refractivity contribution in [3.63, 3.8) is 0 Å². The van der Waals surface area contributed by atoms with Crippen molar-refractivity contribution in [2.75, 3.05) is 10.6 Å². The van der Waals surface area contributed by atoms with Crippen LogP contribution < -0.4 is 22.1 Å². The van der Waals surface area contributed by atoms with Crippen LogP contribution in [-0.2, 0) is 0 Å². The number of rotatable bonds is 5. The zero-order valence-corrected chi connectivity index (χ0v) is 22.2. The first-order valence-corrected chi connectivity index (χ1v) is 11.0. The minimum absolute atomic E-state index is 0. The monoisotopic (exact) mass is 559 g/mol. The SMILES string of the molecule is Cc1ccc2nc(NC(=O)c3ccc(Cl)cc3)nc(N[C@H]3CCCC[C@H]3N=C(N)N)c2c1.Cl.Cl.Cl. The Hall–Kier alpha value is -2.52. The Morgan fingerprint density at radius 2 is 1.71 bits per heavy atom. The van der Waals surface area contributed by atoms with Gasteiger partial charge in [0.25, 0.3) is 5.91 Å². The molecule has 2 aromatic carbocycles. The lowest BCUT2D eigenvalue weighted by molar-refractivity contribution is 0.102. The van der Waals surface area contributed by atoms with Gasteiger partial charge in [-0.2, -0.15) is 4.98 Å². The van der Waals surface area contributed by atoms with Crippen molar-refractivity contribution in [3.05, 3.63) is 58.6 Å². The summed E-state index contributed by atoms with van der Waals surface area (Å²) in [6.45, 7) is 2.02. The zero-order valence-electron chi connectivity index (χ0n) is 19.0. The molecule has 12 heteroatoms. The average molecular weight is 561 g/mol. The molecule has 3 aromatic rings. The van der Waals surface area contributed by atoms with Crippen LogP contribution in [0.2, 0.25) is 5.02 Å². The molecule has 1 amide bonds. The van der Waals surface area contributed by atoms with E-state index in [9.17, 15) is 4.79 Å². The lowest BCUT2D eigenvalue weighted by Crippen LogP contribution is -2.38. The summed E-state index contributed by atoms with van der Waals surface area (Å²) in [6, 6.07) is 12.6. The van der Waals surface area contributed by atoms with E-state index in [1.165, 1.54) is 0 Å². The van der Waals surface area contributed by atoms with Crippen LogP contribution >= 0.6 is 48.8 Å². The number of nitrogens with one attached hydrogen (secondary N) is 2. The van der Waals surface area contributed by atoms with Gasteiger partial charge in [0.05, 0.1) is 17.6 Å². The van der Waals surface area contributed by atoms with Crippen LogP contribution in [0.3, 0.4) is 0 Å². The van der Waals surface area contributed by atoms with Gasteiger partial charge in [0, 0.05) is 16.0 Å². The van der Waals surface area contributed by atoms with E-state index >= 15 is 0 Å². The molecule has 0 bridgehead atoms. The number of nitrogens with zero attached hydrogens (tertiary/aromatic N) is 3. The van der Waals surface area contributed by atoms with Crippen LogP contribution in [0.15, 0.2) is 47.5 Å². The molecular formula is C23H29Cl4N7O. The number of aliphatic imine (C=N–C) groups is 1. The number of aryl methyl sites for hydroxylation is 1. The molecular weight excluding hydrogens is 532 g/mol. The van der Waals surface area contributed by atoms with Crippen molar-refractivity contribution in [2.24, 2.45) is 16.5 Å². The van der Waals surface area contributed by atoms with Gasteiger partial charge < -0.3 is 16.8 Å². The smallest absolute Gasteiger partial charge is 0.258 e. The topological polar surface area (TPSA) is 131 Å². The van der Waals surface area contributed by atoms with Crippen LogP contribution in [-0.4, -0.2) is 33.9 Å². The van der Waals surface area contributed by atoms with E-state index in [1.54, 1.807) is 24.3 Å². The van der Waals surface area contributed by atoms with E-state index in [2.05, 4.69) is 25.6 Å². The summed E-state index contributed by atoms with van der Waals surface area (Å²) in [5.41, 5.74) is 13.6. The molecule has 0 unspecified atom stereocenters. The number of hydrogen-bond acceptors (Lipinski definition) is 5. The molecule has 0 spiro atoms. The Balaban J connectivity index is 0.00000204. The lowest BCUT2D eigenvalue weighted by atomic mass is 9.90. The third-order valence-electron chi connectivity index (χ3n) is 5.55. The maximum absolute atomic E-state index is 12.7. The summed E-state index contributed by atoms with van der Waals surface area (Å²) in [5, 5.41) is 7.76. The van der Waals surface area contributed by atoms with E-state index in [4.69, 9.17) is 23.1 Å². The number of fused-ring (bicyclic) bond motifs is 1. The molecule has 1 saturated carbocycles. The number of guanidine groups is 1. The van der Waals surface area contributed by atoms with Crippen LogP contribution in [0.25, 0.3) is 10.9 Å². The first kappa shape index (κ1) is 30.5. The lowest BCUT2D eigenvalue weighted by Gasteiger charge is -2.30. The Morgan fingerprint density at radius 1 is 1.03 bits per heavy atom. The second-order valence-corrected chi connectivity index (χ2v) is 8.47. The Morgan fingerprint density at radius 3 is 2.40 bits per heavy atom. The summed E-state index contributed by atoms with van der Waals surface area (Å²) in [4.78, 5) is 26.3. The molecule has 6 N–H and O–H groups in total. The number of anilines is 2. The summed E-state index contributed by atoms with van der Waals surface area (Å²) >= 11 is 5.92. The van der Waals surface area contributed by atoms with Gasteiger partial charge in [-0.3, -0.25) is 10.1 Å². The maximum Gasteiger partial charge on any atom is 0.258 e. The van der Waals surface area contributed by atoms with Crippen molar-refractivity contribution in [1.82, 2.24) is 9.97 Å². The van der Waals surface area contributed by atoms with Crippen molar-refractivity contribution >= 4 is 83.4 Å². The van der Waals surface area contributed by atoms with E-state index in [1.807, 2.05) is 25.1 Å². The van der Waals surface area contributed by atoms with E-state index in [0.29, 0.717) is 16.4 Å². The van der Waals surface area contributed by atoms with Crippen molar-refractivity contribution < 1.29 is 4.79 Å². The van der Waals surface area contributed by atoms with E-state index < -0.39 is 0 Å². The van der Waals surface area contributed by atoms with Gasteiger partial charge in [0.1, 0.15) is 5.82 Å². The zero-order chi connectivity index (χ0) is 22.7. The number of nitrogens with two attached hydrogens (primary N) is 2. The average Bonchev–Trinajstić information content (AvgIpc) is 2.75. The van der Waals surface area contributed by atoms with Crippen LogP contribution in [0.5, 0.6) is 0 Å². The normalized spacial score (nSPS) is 16.6. The first-order valence-electron chi connectivity index (χ1n) is 10.6. The van der Waals surface area contributed by atoms with Crippen molar-refractivity contribution in [1.29, 1.82) is 0 Å². The third-order valence-corrected chi connectivity index (χ3v) is 5.80. The van der Waals surface area contributed by atoms with Gasteiger partial charge in [-0.15, -0.1) is 37.2 Å².